The highest BCUT2D eigenvalue weighted by Crippen LogP contribution is 2.60. The van der Waals surface area contributed by atoms with Gasteiger partial charge in [-0.05, 0) is 88.5 Å². The first-order valence-electron chi connectivity index (χ1n) is 20.4. The lowest BCUT2D eigenvalue weighted by molar-refractivity contribution is -0.145. The SMILES string of the molecule is CC(C)=CCC/C(C)=C/CN1C(=O)[C@@]2(O[C@@H](CCn3cc(C(CO)c4ccccc4)nn3)[C@H]([Si](C)(C)O)[C@H]2C)c2cc(NC(=O)Cc3c[nH]c4ccccc34)ccc21. The van der Waals surface area contributed by atoms with Crippen LogP contribution in [0.1, 0.15) is 75.3 Å². The van der Waals surface area contributed by atoms with Crippen LogP contribution in [0.5, 0.6) is 0 Å². The summed E-state index contributed by atoms with van der Waals surface area (Å²) in [6.07, 6.45) is 10.1. The molecule has 4 heterocycles. The van der Waals surface area contributed by atoms with Crippen molar-refractivity contribution < 1.29 is 24.2 Å². The lowest BCUT2D eigenvalue weighted by Crippen LogP contribution is -2.46. The standard InChI is InChI=1S/C46H56N6O5Si/c1-30(2)13-12-14-31(3)21-24-52-41-20-19-35(48-43(54)25-34-27-47-39-18-11-10-17-36(34)39)26-38(41)46(45(52)55)32(4)44(58(5,6)56)42(57-46)22-23-51-28-40(49-50-51)37(29-53)33-15-8-7-9-16-33/h7-11,13,15-21,26-28,32,37,42,44,47,53,56H,12,14,22-25,29H2,1-6H3,(H,48,54)/b31-21+/t32-,37?,42+,44-,46+/m1/s1. The van der Waals surface area contributed by atoms with Gasteiger partial charge in [0.05, 0.1) is 36.4 Å². The fourth-order valence-electron chi connectivity index (χ4n) is 9.10. The number of amides is 2. The molecule has 0 aliphatic carbocycles. The number of benzene rings is 3. The van der Waals surface area contributed by atoms with E-state index in [1.807, 2.05) is 110 Å². The van der Waals surface area contributed by atoms with E-state index in [1.165, 1.54) is 11.1 Å². The Morgan fingerprint density at radius 1 is 1.07 bits per heavy atom. The van der Waals surface area contributed by atoms with Crippen LogP contribution in [0, 0.1) is 5.92 Å². The third kappa shape index (κ3) is 8.24. The van der Waals surface area contributed by atoms with Gasteiger partial charge in [-0.1, -0.05) is 84.0 Å². The molecule has 0 bridgehead atoms. The molecular formula is C46H56N6O5Si. The number of aliphatic hydroxyl groups excluding tert-OH is 1. The number of hydrogen-bond acceptors (Lipinski definition) is 7. The van der Waals surface area contributed by atoms with E-state index in [0.29, 0.717) is 36.5 Å². The molecule has 0 radical (unpaired) electrons. The number of anilines is 2. The van der Waals surface area contributed by atoms with E-state index in [-0.39, 0.29) is 42.2 Å². The smallest absolute Gasteiger partial charge is 0.264 e. The molecule has 11 nitrogen and oxygen atoms in total. The predicted molar refractivity (Wildman–Crippen MR) is 231 cm³/mol. The average molecular weight is 801 g/mol. The lowest BCUT2D eigenvalue weighted by atomic mass is 9.82. The summed E-state index contributed by atoms with van der Waals surface area (Å²) < 4.78 is 8.88. The molecule has 2 aliphatic rings. The fourth-order valence-corrected chi connectivity index (χ4v) is 11.7. The zero-order valence-electron chi connectivity index (χ0n) is 34.4. The summed E-state index contributed by atoms with van der Waals surface area (Å²) >= 11 is 0. The van der Waals surface area contributed by atoms with Crippen LogP contribution in [0.4, 0.5) is 11.4 Å². The summed E-state index contributed by atoms with van der Waals surface area (Å²) in [6, 6.07) is 23.3. The Balaban J connectivity index is 1.18. The topological polar surface area (TPSA) is 146 Å². The van der Waals surface area contributed by atoms with Crippen LogP contribution < -0.4 is 10.2 Å². The molecule has 1 saturated heterocycles. The largest absolute Gasteiger partial charge is 0.432 e. The van der Waals surface area contributed by atoms with Crippen molar-refractivity contribution in [2.24, 2.45) is 5.92 Å². The molecule has 304 valence electrons. The highest BCUT2D eigenvalue weighted by Gasteiger charge is 2.66. The number of aryl methyl sites for hydroxylation is 1. The Hall–Kier alpha value is -5.14. The van der Waals surface area contributed by atoms with Gasteiger partial charge < -0.3 is 29.8 Å². The van der Waals surface area contributed by atoms with Crippen LogP contribution in [0.3, 0.4) is 0 Å². The number of aromatic amines is 1. The van der Waals surface area contributed by atoms with Crippen molar-refractivity contribution in [1.82, 2.24) is 20.0 Å². The van der Waals surface area contributed by atoms with Gasteiger partial charge in [0, 0.05) is 59.1 Å². The molecular weight excluding hydrogens is 745 g/mol. The molecule has 12 heteroatoms. The Morgan fingerprint density at radius 3 is 2.57 bits per heavy atom. The summed E-state index contributed by atoms with van der Waals surface area (Å²) in [7, 11) is -2.94. The maximum absolute atomic E-state index is 15.1. The number of nitrogens with one attached hydrogen (secondary N) is 2. The molecule has 1 spiro atoms. The number of carbonyl (C=O) groups is 2. The second-order valence-electron chi connectivity index (χ2n) is 16.8. The molecule has 2 aliphatic heterocycles. The summed E-state index contributed by atoms with van der Waals surface area (Å²) in [5, 5.41) is 23.2. The molecule has 1 unspecified atom stereocenters. The molecule has 2 aromatic heterocycles. The molecule has 3 aromatic carbocycles. The first kappa shape index (κ1) is 41.0. The number of ether oxygens (including phenoxy) is 1. The van der Waals surface area contributed by atoms with Crippen LogP contribution in [-0.4, -0.2) is 69.3 Å². The molecule has 58 heavy (non-hydrogen) atoms. The molecule has 2 amide bonds. The Labute approximate surface area is 341 Å². The van der Waals surface area contributed by atoms with Gasteiger partial charge in [-0.15, -0.1) is 5.10 Å². The van der Waals surface area contributed by atoms with E-state index in [9.17, 15) is 14.7 Å². The van der Waals surface area contributed by atoms with Crippen LogP contribution in [0.15, 0.2) is 108 Å². The number of fused-ring (bicyclic) bond motifs is 3. The van der Waals surface area contributed by atoms with E-state index >= 15 is 4.79 Å². The van der Waals surface area contributed by atoms with E-state index < -0.39 is 20.0 Å². The summed E-state index contributed by atoms with van der Waals surface area (Å²) in [5.41, 5.74) is 6.33. The number of H-pyrrole nitrogens is 1. The second kappa shape index (κ2) is 17.0. The van der Waals surface area contributed by atoms with Gasteiger partial charge in [0.25, 0.3) is 5.91 Å². The number of carbonyl (C=O) groups excluding carboxylic acids is 2. The quantitative estimate of drug-likeness (QED) is 0.0621. The van der Waals surface area contributed by atoms with Gasteiger partial charge in [-0.3, -0.25) is 14.3 Å². The molecule has 7 rings (SSSR count). The van der Waals surface area contributed by atoms with Crippen molar-refractivity contribution in [2.75, 3.05) is 23.4 Å². The van der Waals surface area contributed by atoms with Crippen LogP contribution in [-0.2, 0) is 32.9 Å². The van der Waals surface area contributed by atoms with E-state index in [4.69, 9.17) is 4.74 Å². The number of hydrogen-bond donors (Lipinski definition) is 4. The minimum Gasteiger partial charge on any atom is -0.432 e. The van der Waals surface area contributed by atoms with Crippen LogP contribution >= 0.6 is 0 Å². The highest BCUT2D eigenvalue weighted by atomic mass is 28.4. The van der Waals surface area contributed by atoms with Crippen molar-refractivity contribution >= 4 is 42.4 Å². The summed E-state index contributed by atoms with van der Waals surface area (Å²) in [5.74, 6) is -1.01. The van der Waals surface area contributed by atoms with E-state index in [0.717, 1.165) is 40.6 Å². The first-order chi connectivity index (χ1) is 27.8. The molecule has 4 N–H and O–H groups in total. The zero-order chi connectivity index (χ0) is 41.2. The normalized spacial score (nSPS) is 21.2. The summed E-state index contributed by atoms with van der Waals surface area (Å²) in [4.78, 5) is 45.6. The number of rotatable bonds is 15. The van der Waals surface area contributed by atoms with Crippen molar-refractivity contribution in [3.63, 3.8) is 0 Å². The Kier molecular flexibility index (Phi) is 12.0. The monoisotopic (exact) mass is 800 g/mol. The minimum atomic E-state index is -2.94. The van der Waals surface area contributed by atoms with Crippen molar-refractivity contribution in [2.45, 2.75) is 96.2 Å². The van der Waals surface area contributed by atoms with Gasteiger partial charge in [-0.25, -0.2) is 0 Å². The average Bonchev–Trinajstić information content (AvgIpc) is 3.95. The number of nitrogens with zero attached hydrogens (tertiary/aromatic N) is 4. The predicted octanol–water partition coefficient (Wildman–Crippen LogP) is 7.99. The van der Waals surface area contributed by atoms with Gasteiger partial charge in [-0.2, -0.15) is 0 Å². The van der Waals surface area contributed by atoms with Crippen LogP contribution in [0.25, 0.3) is 10.9 Å². The molecule has 5 aromatic rings. The molecule has 1 fully saturated rings. The number of aromatic nitrogens is 4. The van der Waals surface area contributed by atoms with Gasteiger partial charge in [0.1, 0.15) is 0 Å². The number of allylic oxidation sites excluding steroid dienone is 3. The van der Waals surface area contributed by atoms with Crippen molar-refractivity contribution in [3.05, 3.63) is 131 Å². The van der Waals surface area contributed by atoms with Crippen LogP contribution in [0.2, 0.25) is 18.6 Å². The van der Waals surface area contributed by atoms with Crippen molar-refractivity contribution in [3.8, 4) is 0 Å². The summed E-state index contributed by atoms with van der Waals surface area (Å²) in [6.45, 7) is 12.9. The minimum absolute atomic E-state index is 0.103. The number of aliphatic hydroxyl groups is 1. The maximum Gasteiger partial charge on any atom is 0.264 e. The van der Waals surface area contributed by atoms with Gasteiger partial charge >= 0.3 is 0 Å². The van der Waals surface area contributed by atoms with Crippen molar-refractivity contribution in [1.29, 1.82) is 0 Å². The molecule has 0 saturated carbocycles. The van der Waals surface area contributed by atoms with E-state index in [2.05, 4.69) is 53.5 Å². The maximum atomic E-state index is 15.1. The second-order valence-corrected chi connectivity index (χ2v) is 20.8. The zero-order valence-corrected chi connectivity index (χ0v) is 35.4. The third-order valence-corrected chi connectivity index (χ3v) is 14.5. The lowest BCUT2D eigenvalue weighted by Gasteiger charge is -2.32. The number of para-hydroxylation sites is 1. The van der Waals surface area contributed by atoms with Gasteiger partial charge in [0.2, 0.25) is 5.91 Å². The Bertz CT molecular complexity index is 2320. The highest BCUT2D eigenvalue weighted by molar-refractivity contribution is 6.71. The van der Waals surface area contributed by atoms with E-state index in [1.54, 1.807) is 4.68 Å². The fraction of sp³-hybridized carbons (Fsp3) is 0.391. The molecule has 5 atom stereocenters. The third-order valence-electron chi connectivity index (χ3n) is 11.9. The first-order valence-corrected chi connectivity index (χ1v) is 23.4. The van der Waals surface area contributed by atoms with Gasteiger partial charge in [0.15, 0.2) is 13.9 Å². The Morgan fingerprint density at radius 2 is 1.83 bits per heavy atom.